The second-order valence-electron chi connectivity index (χ2n) is 3.67. The normalized spacial score (nSPS) is 20.6. The molecule has 2 heterocycles. The van der Waals surface area contributed by atoms with Crippen LogP contribution in [0.15, 0.2) is 18.7 Å². The summed E-state index contributed by atoms with van der Waals surface area (Å²) in [4.78, 5) is 17.1. The zero-order chi connectivity index (χ0) is 10.7. The van der Waals surface area contributed by atoms with E-state index in [9.17, 15) is 4.79 Å². The molecule has 1 saturated heterocycles. The molecule has 5 nitrogen and oxygen atoms in total. The number of hydrogen-bond donors (Lipinski definition) is 0. The molecule has 1 aliphatic heterocycles. The first kappa shape index (κ1) is 9.71. The Morgan fingerprint density at radius 2 is 2.47 bits per heavy atom. The van der Waals surface area contributed by atoms with Crippen molar-refractivity contribution in [3.05, 3.63) is 18.7 Å². The van der Waals surface area contributed by atoms with E-state index in [-0.39, 0.29) is 11.8 Å². The van der Waals surface area contributed by atoms with Gasteiger partial charge in [-0.2, -0.15) is 5.26 Å². The van der Waals surface area contributed by atoms with Crippen LogP contribution in [-0.4, -0.2) is 33.4 Å². The highest BCUT2D eigenvalue weighted by atomic mass is 16.2. The van der Waals surface area contributed by atoms with E-state index in [0.29, 0.717) is 19.5 Å². The first-order valence-corrected chi connectivity index (χ1v) is 4.92. The monoisotopic (exact) mass is 204 g/mol. The maximum Gasteiger partial charge on any atom is 0.224 e. The topological polar surface area (TPSA) is 61.9 Å². The highest BCUT2D eigenvalue weighted by molar-refractivity contribution is 5.79. The predicted octanol–water partition coefficient (Wildman–Crippen LogP) is 0.255. The molecule has 1 fully saturated rings. The van der Waals surface area contributed by atoms with Crippen molar-refractivity contribution in [2.45, 2.75) is 13.0 Å². The Hall–Kier alpha value is -1.83. The minimum absolute atomic E-state index is 0.0849. The van der Waals surface area contributed by atoms with E-state index in [1.165, 1.54) is 0 Å². The predicted molar refractivity (Wildman–Crippen MR) is 52.5 cm³/mol. The molecule has 0 spiro atoms. The molecule has 1 aromatic heterocycles. The summed E-state index contributed by atoms with van der Waals surface area (Å²) in [6.07, 6.45) is 5.68. The number of likely N-dealkylation sites (tertiary alicyclic amines) is 1. The molecular weight excluding hydrogens is 192 g/mol. The average molecular weight is 204 g/mol. The Morgan fingerprint density at radius 3 is 3.07 bits per heavy atom. The minimum atomic E-state index is -0.125. The second kappa shape index (κ2) is 4.13. The summed E-state index contributed by atoms with van der Waals surface area (Å²) in [5, 5.41) is 8.71. The summed E-state index contributed by atoms with van der Waals surface area (Å²) in [7, 11) is 0. The third-order valence-electron chi connectivity index (χ3n) is 2.58. The van der Waals surface area contributed by atoms with E-state index in [1.807, 2.05) is 10.8 Å². The molecule has 0 aromatic carbocycles. The van der Waals surface area contributed by atoms with Gasteiger partial charge in [-0.1, -0.05) is 0 Å². The molecule has 0 saturated carbocycles. The Bertz CT molecular complexity index is 379. The molecule has 1 amide bonds. The highest BCUT2D eigenvalue weighted by Gasteiger charge is 2.28. The van der Waals surface area contributed by atoms with E-state index in [2.05, 4.69) is 11.1 Å². The molecule has 0 aliphatic carbocycles. The second-order valence-corrected chi connectivity index (χ2v) is 3.67. The van der Waals surface area contributed by atoms with Gasteiger partial charge in [-0.05, 0) is 0 Å². The summed E-state index contributed by atoms with van der Waals surface area (Å²) in [5.74, 6) is -0.0399. The molecule has 5 heteroatoms. The number of carbonyl (C=O) groups is 1. The van der Waals surface area contributed by atoms with Crippen LogP contribution >= 0.6 is 0 Å². The number of carbonyl (C=O) groups excluding carboxylic acids is 1. The summed E-state index contributed by atoms with van der Waals surface area (Å²) in [5.41, 5.74) is 0. The standard InChI is InChI=1S/C10H12N4O/c11-6-9-5-10(15)14(7-9)4-3-13-2-1-12-8-13/h1-2,8-9H,3-5,7H2. The van der Waals surface area contributed by atoms with Crippen LogP contribution < -0.4 is 0 Å². The summed E-state index contributed by atoms with van der Waals surface area (Å²) in [6, 6.07) is 2.14. The molecule has 78 valence electrons. The van der Waals surface area contributed by atoms with Crippen LogP contribution in [0.4, 0.5) is 0 Å². The molecule has 0 radical (unpaired) electrons. The summed E-state index contributed by atoms with van der Waals surface area (Å²) in [6.45, 7) is 1.97. The molecule has 1 unspecified atom stereocenters. The largest absolute Gasteiger partial charge is 0.340 e. The summed E-state index contributed by atoms with van der Waals surface area (Å²) < 4.78 is 1.92. The number of rotatable bonds is 3. The van der Waals surface area contributed by atoms with Gasteiger partial charge in [0.25, 0.3) is 0 Å². The number of amides is 1. The molecule has 0 bridgehead atoms. The van der Waals surface area contributed by atoms with Crippen molar-refractivity contribution in [1.82, 2.24) is 14.5 Å². The molecule has 0 N–H and O–H groups in total. The first-order chi connectivity index (χ1) is 7.29. The van der Waals surface area contributed by atoms with Crippen molar-refractivity contribution in [1.29, 1.82) is 5.26 Å². The lowest BCUT2D eigenvalue weighted by Crippen LogP contribution is -2.28. The van der Waals surface area contributed by atoms with Crippen LogP contribution in [0.1, 0.15) is 6.42 Å². The SMILES string of the molecule is N#CC1CC(=O)N(CCn2ccnc2)C1. The van der Waals surface area contributed by atoms with Gasteiger partial charge in [0.05, 0.1) is 18.3 Å². The van der Waals surface area contributed by atoms with Gasteiger partial charge in [-0.15, -0.1) is 0 Å². The van der Waals surface area contributed by atoms with Crippen molar-refractivity contribution in [3.8, 4) is 6.07 Å². The third-order valence-corrected chi connectivity index (χ3v) is 2.58. The lowest BCUT2D eigenvalue weighted by molar-refractivity contribution is -0.127. The molecule has 2 rings (SSSR count). The number of nitriles is 1. The average Bonchev–Trinajstić information content (AvgIpc) is 2.84. The number of imidazole rings is 1. The highest BCUT2D eigenvalue weighted by Crippen LogP contribution is 2.16. The Labute approximate surface area is 87.9 Å². The molecule has 1 aliphatic rings. The first-order valence-electron chi connectivity index (χ1n) is 4.92. The molecule has 15 heavy (non-hydrogen) atoms. The van der Waals surface area contributed by atoms with Gasteiger partial charge >= 0.3 is 0 Å². The van der Waals surface area contributed by atoms with Crippen LogP contribution in [-0.2, 0) is 11.3 Å². The summed E-state index contributed by atoms with van der Waals surface area (Å²) >= 11 is 0. The van der Waals surface area contributed by atoms with Crippen LogP contribution in [0.25, 0.3) is 0 Å². The van der Waals surface area contributed by atoms with Gasteiger partial charge in [0.2, 0.25) is 5.91 Å². The third kappa shape index (κ3) is 2.15. The number of nitrogens with zero attached hydrogens (tertiary/aromatic N) is 4. The lowest BCUT2D eigenvalue weighted by Gasteiger charge is -2.15. The van der Waals surface area contributed by atoms with Gasteiger partial charge in [0, 0.05) is 38.4 Å². The van der Waals surface area contributed by atoms with E-state index >= 15 is 0 Å². The van der Waals surface area contributed by atoms with Crippen molar-refractivity contribution >= 4 is 5.91 Å². The van der Waals surface area contributed by atoms with Crippen LogP contribution in [0.2, 0.25) is 0 Å². The van der Waals surface area contributed by atoms with Crippen molar-refractivity contribution in [2.24, 2.45) is 5.92 Å². The van der Waals surface area contributed by atoms with E-state index < -0.39 is 0 Å². The van der Waals surface area contributed by atoms with Crippen molar-refractivity contribution < 1.29 is 4.79 Å². The fraction of sp³-hybridized carbons (Fsp3) is 0.500. The number of hydrogen-bond acceptors (Lipinski definition) is 3. The lowest BCUT2D eigenvalue weighted by atomic mass is 10.1. The Morgan fingerprint density at radius 1 is 1.60 bits per heavy atom. The maximum atomic E-state index is 11.5. The van der Waals surface area contributed by atoms with Gasteiger partial charge in [0.15, 0.2) is 0 Å². The maximum absolute atomic E-state index is 11.5. The minimum Gasteiger partial charge on any atom is -0.340 e. The van der Waals surface area contributed by atoms with E-state index in [0.717, 1.165) is 6.54 Å². The number of aromatic nitrogens is 2. The van der Waals surface area contributed by atoms with Gasteiger partial charge < -0.3 is 9.47 Å². The smallest absolute Gasteiger partial charge is 0.224 e. The Kier molecular flexibility index (Phi) is 2.68. The van der Waals surface area contributed by atoms with Gasteiger partial charge in [-0.3, -0.25) is 4.79 Å². The molecule has 1 atom stereocenters. The molecular formula is C10H12N4O. The quantitative estimate of drug-likeness (QED) is 0.709. The van der Waals surface area contributed by atoms with Crippen molar-refractivity contribution in [3.63, 3.8) is 0 Å². The van der Waals surface area contributed by atoms with Crippen molar-refractivity contribution in [2.75, 3.05) is 13.1 Å². The van der Waals surface area contributed by atoms with Crippen LogP contribution in [0, 0.1) is 17.2 Å². The fourth-order valence-corrected chi connectivity index (χ4v) is 1.73. The van der Waals surface area contributed by atoms with Gasteiger partial charge in [0.1, 0.15) is 0 Å². The molecule has 1 aromatic rings. The zero-order valence-electron chi connectivity index (χ0n) is 8.33. The van der Waals surface area contributed by atoms with Crippen LogP contribution in [0.3, 0.4) is 0 Å². The van der Waals surface area contributed by atoms with E-state index in [1.54, 1.807) is 17.4 Å². The Balaban J connectivity index is 1.86. The van der Waals surface area contributed by atoms with Gasteiger partial charge in [-0.25, -0.2) is 4.98 Å². The van der Waals surface area contributed by atoms with Crippen LogP contribution in [0.5, 0.6) is 0 Å². The zero-order valence-corrected chi connectivity index (χ0v) is 8.33. The van der Waals surface area contributed by atoms with E-state index in [4.69, 9.17) is 5.26 Å². The fourth-order valence-electron chi connectivity index (χ4n) is 1.73.